The molecule has 2 aromatic carbocycles. The zero-order valence-electron chi connectivity index (χ0n) is 17.8. The summed E-state index contributed by atoms with van der Waals surface area (Å²) in [7, 11) is 0. The summed E-state index contributed by atoms with van der Waals surface area (Å²) in [5.74, 6) is 0. The monoisotopic (exact) mass is 459 g/mol. The van der Waals surface area contributed by atoms with Gasteiger partial charge in [0, 0.05) is 37.9 Å². The second-order valence-corrected chi connectivity index (χ2v) is 7.55. The molecule has 0 spiro atoms. The van der Waals surface area contributed by atoms with Crippen molar-refractivity contribution in [1.82, 2.24) is 15.1 Å². The van der Waals surface area contributed by atoms with Crippen LogP contribution >= 0.6 is 0 Å². The molecule has 174 valence electrons. The van der Waals surface area contributed by atoms with Gasteiger partial charge in [0.05, 0.1) is 35.8 Å². The molecule has 2 amide bonds. The van der Waals surface area contributed by atoms with E-state index in [0.717, 1.165) is 17.4 Å². The fraction of sp³-hybridized carbons (Fsp3) is 0.304. The molecule has 1 aliphatic rings. The van der Waals surface area contributed by atoms with E-state index in [1.807, 2.05) is 47.5 Å². The van der Waals surface area contributed by atoms with Gasteiger partial charge < -0.3 is 20.3 Å². The molecule has 0 aliphatic carbocycles. The van der Waals surface area contributed by atoms with Crippen molar-refractivity contribution in [3.63, 3.8) is 0 Å². The lowest BCUT2D eigenvalue weighted by Crippen LogP contribution is -2.36. The number of anilines is 2. The van der Waals surface area contributed by atoms with Crippen molar-refractivity contribution in [2.24, 2.45) is 0 Å². The Hall–Kier alpha value is -3.53. The minimum absolute atomic E-state index is 0.227. The highest BCUT2D eigenvalue weighted by atomic mass is 19.4. The van der Waals surface area contributed by atoms with E-state index in [0.29, 0.717) is 38.4 Å². The lowest BCUT2D eigenvalue weighted by atomic mass is 10.1. The number of halogens is 3. The van der Waals surface area contributed by atoms with Gasteiger partial charge in [-0.3, -0.25) is 0 Å². The molecule has 0 radical (unpaired) electrons. The van der Waals surface area contributed by atoms with Crippen LogP contribution in [0.2, 0.25) is 0 Å². The van der Waals surface area contributed by atoms with Crippen molar-refractivity contribution in [2.45, 2.75) is 12.6 Å². The van der Waals surface area contributed by atoms with Gasteiger partial charge in [-0.15, -0.1) is 0 Å². The number of rotatable bonds is 6. The van der Waals surface area contributed by atoms with Gasteiger partial charge >= 0.3 is 12.2 Å². The van der Waals surface area contributed by atoms with Gasteiger partial charge in [0.2, 0.25) is 0 Å². The number of hydrogen-bond acceptors (Lipinski definition) is 4. The highest BCUT2D eigenvalue weighted by Crippen LogP contribution is 2.37. The molecule has 0 saturated carbocycles. The molecule has 1 saturated heterocycles. The van der Waals surface area contributed by atoms with Crippen LogP contribution in [0.15, 0.2) is 60.8 Å². The molecule has 1 aliphatic heterocycles. The van der Waals surface area contributed by atoms with Crippen LogP contribution in [0.5, 0.6) is 0 Å². The van der Waals surface area contributed by atoms with Crippen molar-refractivity contribution in [3.8, 4) is 5.69 Å². The van der Waals surface area contributed by atoms with Gasteiger partial charge in [0.15, 0.2) is 0 Å². The maximum Gasteiger partial charge on any atom is 0.418 e. The molecule has 7 nitrogen and oxygen atoms in total. The predicted molar refractivity (Wildman–Crippen MR) is 119 cm³/mol. The summed E-state index contributed by atoms with van der Waals surface area (Å²) in [5, 5.41) is 9.36. The first-order valence-electron chi connectivity index (χ1n) is 10.6. The van der Waals surface area contributed by atoms with Gasteiger partial charge in [-0.25, -0.2) is 9.48 Å². The van der Waals surface area contributed by atoms with Crippen LogP contribution in [0.3, 0.4) is 0 Å². The van der Waals surface area contributed by atoms with E-state index in [-0.39, 0.29) is 12.2 Å². The minimum Gasteiger partial charge on any atom is -0.378 e. The summed E-state index contributed by atoms with van der Waals surface area (Å²) < 4.78 is 47.9. The van der Waals surface area contributed by atoms with Gasteiger partial charge in [0.1, 0.15) is 0 Å². The third kappa shape index (κ3) is 5.83. The molecule has 1 aromatic heterocycles. The van der Waals surface area contributed by atoms with Crippen LogP contribution in [0.4, 0.5) is 29.3 Å². The van der Waals surface area contributed by atoms with E-state index in [4.69, 9.17) is 4.74 Å². The van der Waals surface area contributed by atoms with Crippen molar-refractivity contribution >= 4 is 17.4 Å². The van der Waals surface area contributed by atoms with Gasteiger partial charge in [-0.05, 0) is 36.4 Å². The third-order valence-electron chi connectivity index (χ3n) is 5.26. The quantitative estimate of drug-likeness (QED) is 0.583. The number of alkyl halides is 3. The topological polar surface area (TPSA) is 71.4 Å². The molecule has 3 aromatic rings. The Labute approximate surface area is 189 Å². The normalized spacial score (nSPS) is 14.2. The first-order chi connectivity index (χ1) is 15.9. The zero-order valence-corrected chi connectivity index (χ0v) is 17.8. The SMILES string of the molecule is O=C(NCCc1ccn(-c2ccccc2)n1)Nc1ccc(N2CCOCC2)cc1C(F)(F)F. The Morgan fingerprint density at radius 2 is 1.79 bits per heavy atom. The fourth-order valence-electron chi connectivity index (χ4n) is 3.58. The summed E-state index contributed by atoms with van der Waals surface area (Å²) in [6.45, 7) is 2.20. The fourth-order valence-corrected chi connectivity index (χ4v) is 3.58. The van der Waals surface area contributed by atoms with Gasteiger partial charge in [-0.1, -0.05) is 18.2 Å². The molecule has 2 N–H and O–H groups in total. The highest BCUT2D eigenvalue weighted by molar-refractivity contribution is 5.90. The Morgan fingerprint density at radius 1 is 1.03 bits per heavy atom. The average molecular weight is 459 g/mol. The van der Waals surface area contributed by atoms with E-state index < -0.39 is 17.8 Å². The number of carbonyl (C=O) groups excluding carboxylic acids is 1. The number of nitrogens with one attached hydrogen (secondary N) is 2. The molecule has 33 heavy (non-hydrogen) atoms. The summed E-state index contributed by atoms with van der Waals surface area (Å²) in [4.78, 5) is 14.1. The Morgan fingerprint density at radius 3 is 2.52 bits per heavy atom. The largest absolute Gasteiger partial charge is 0.418 e. The summed E-state index contributed by atoms with van der Waals surface area (Å²) in [6.07, 6.45) is -2.35. The van der Waals surface area contributed by atoms with Crippen molar-refractivity contribution in [2.75, 3.05) is 43.1 Å². The van der Waals surface area contributed by atoms with Crippen molar-refractivity contribution in [1.29, 1.82) is 0 Å². The molecular formula is C23H24F3N5O2. The smallest absolute Gasteiger partial charge is 0.378 e. The van der Waals surface area contributed by atoms with E-state index >= 15 is 0 Å². The average Bonchev–Trinajstić information content (AvgIpc) is 3.29. The molecular weight excluding hydrogens is 435 g/mol. The van der Waals surface area contributed by atoms with Crippen molar-refractivity contribution in [3.05, 3.63) is 72.1 Å². The number of morpholine rings is 1. The summed E-state index contributed by atoms with van der Waals surface area (Å²) >= 11 is 0. The minimum atomic E-state index is -4.60. The van der Waals surface area contributed by atoms with E-state index in [1.54, 1.807) is 10.7 Å². The molecule has 0 atom stereocenters. The van der Waals surface area contributed by atoms with Crippen LogP contribution in [-0.4, -0.2) is 48.7 Å². The number of carbonyl (C=O) groups is 1. The van der Waals surface area contributed by atoms with Gasteiger partial charge in [0.25, 0.3) is 0 Å². The second kappa shape index (κ2) is 9.95. The number of urea groups is 1. The number of amides is 2. The first kappa shape index (κ1) is 22.7. The number of ether oxygens (including phenoxy) is 1. The molecule has 0 bridgehead atoms. The van der Waals surface area contributed by atoms with Crippen LogP contribution in [-0.2, 0) is 17.3 Å². The van der Waals surface area contributed by atoms with Crippen LogP contribution in [0, 0.1) is 0 Å². The Balaban J connectivity index is 1.35. The highest BCUT2D eigenvalue weighted by Gasteiger charge is 2.34. The van der Waals surface area contributed by atoms with Gasteiger partial charge in [-0.2, -0.15) is 18.3 Å². The number of aromatic nitrogens is 2. The number of benzene rings is 2. The standard InChI is InChI=1S/C23H24F3N5O2/c24-23(25,26)20-16-19(30-12-14-33-15-13-30)6-7-21(20)28-22(32)27-10-8-17-9-11-31(29-17)18-4-2-1-3-5-18/h1-7,9,11,16H,8,10,12-15H2,(H2,27,28,32). The van der Waals surface area contributed by atoms with Crippen LogP contribution < -0.4 is 15.5 Å². The lowest BCUT2D eigenvalue weighted by Gasteiger charge is -2.29. The molecule has 1 fully saturated rings. The number of nitrogens with zero attached hydrogens (tertiary/aromatic N) is 3. The Bertz CT molecular complexity index is 1080. The number of para-hydroxylation sites is 1. The van der Waals surface area contributed by atoms with E-state index in [9.17, 15) is 18.0 Å². The predicted octanol–water partition coefficient (Wildman–Crippen LogP) is 4.09. The molecule has 4 rings (SSSR count). The number of hydrogen-bond donors (Lipinski definition) is 2. The zero-order chi connectivity index (χ0) is 23.3. The molecule has 10 heteroatoms. The second-order valence-electron chi connectivity index (χ2n) is 7.55. The summed E-state index contributed by atoms with van der Waals surface area (Å²) in [5.41, 5.74) is 0.943. The lowest BCUT2D eigenvalue weighted by molar-refractivity contribution is -0.136. The maximum absolute atomic E-state index is 13.6. The molecule has 0 unspecified atom stereocenters. The Kier molecular flexibility index (Phi) is 6.83. The van der Waals surface area contributed by atoms with Crippen LogP contribution in [0.1, 0.15) is 11.3 Å². The molecule has 2 heterocycles. The van der Waals surface area contributed by atoms with Crippen molar-refractivity contribution < 1.29 is 22.7 Å². The first-order valence-corrected chi connectivity index (χ1v) is 10.6. The van der Waals surface area contributed by atoms with E-state index in [1.165, 1.54) is 6.07 Å². The van der Waals surface area contributed by atoms with Crippen LogP contribution in [0.25, 0.3) is 5.69 Å². The summed E-state index contributed by atoms with van der Waals surface area (Å²) in [6, 6.07) is 14.6. The van der Waals surface area contributed by atoms with E-state index in [2.05, 4.69) is 15.7 Å². The third-order valence-corrected chi connectivity index (χ3v) is 5.26. The maximum atomic E-state index is 13.6.